The number of halogens is 1. The first kappa shape index (κ1) is 20.4. The first-order valence-corrected chi connectivity index (χ1v) is 9.63. The van der Waals surface area contributed by atoms with E-state index in [-0.39, 0.29) is 10.6 Å². The molecule has 0 saturated carbocycles. The Bertz CT molecular complexity index is 1190. The van der Waals surface area contributed by atoms with Crippen LogP contribution in [-0.2, 0) is 0 Å². The Labute approximate surface area is 183 Å². The number of anilines is 2. The normalized spacial score (nSPS) is 12.5. The Morgan fingerprint density at radius 3 is 2.19 bits per heavy atom. The highest BCUT2D eigenvalue weighted by Crippen LogP contribution is 2.36. The summed E-state index contributed by atoms with van der Waals surface area (Å²) >= 11 is 6.18. The Morgan fingerprint density at radius 1 is 0.903 bits per heavy atom. The molecule has 0 spiro atoms. The van der Waals surface area contributed by atoms with Crippen LogP contribution in [0.15, 0.2) is 60.7 Å². The molecule has 1 N–H and O–H groups in total. The Hall–Kier alpha value is -3.84. The second-order valence-electron chi connectivity index (χ2n) is 6.69. The van der Waals surface area contributed by atoms with Crippen molar-refractivity contribution in [2.24, 2.45) is 0 Å². The van der Waals surface area contributed by atoms with Gasteiger partial charge in [-0.2, -0.15) is 0 Å². The third-order valence-electron chi connectivity index (χ3n) is 4.85. The molecule has 0 fully saturated rings. The topological polar surface area (TPSA) is 84.9 Å². The van der Waals surface area contributed by atoms with E-state index in [4.69, 9.17) is 21.1 Å². The van der Waals surface area contributed by atoms with E-state index in [9.17, 15) is 14.4 Å². The van der Waals surface area contributed by atoms with Crippen molar-refractivity contribution >= 4 is 40.7 Å². The molecule has 4 rings (SSSR count). The van der Waals surface area contributed by atoms with E-state index >= 15 is 0 Å². The van der Waals surface area contributed by atoms with Gasteiger partial charge in [0.1, 0.15) is 0 Å². The maximum absolute atomic E-state index is 12.8. The molecule has 0 bridgehead atoms. The summed E-state index contributed by atoms with van der Waals surface area (Å²) in [5.41, 5.74) is 1.72. The van der Waals surface area contributed by atoms with E-state index in [1.165, 1.54) is 26.4 Å². The van der Waals surface area contributed by atoms with Crippen molar-refractivity contribution in [3.63, 3.8) is 0 Å². The molecule has 0 unspecified atom stereocenters. The van der Waals surface area contributed by atoms with Crippen LogP contribution in [-0.4, -0.2) is 31.9 Å². The van der Waals surface area contributed by atoms with Crippen molar-refractivity contribution < 1.29 is 23.9 Å². The molecule has 7 nitrogen and oxygen atoms in total. The van der Waals surface area contributed by atoms with Gasteiger partial charge in [0.15, 0.2) is 11.5 Å². The number of carbonyl (C=O) groups excluding carboxylic acids is 3. The fourth-order valence-electron chi connectivity index (χ4n) is 3.40. The standard InChI is InChI=1S/C23H17ClN2O5/c1-30-19-11-13(10-18(24)20(19)31-2)21(27)25-14-6-5-7-15(12-14)26-22(28)16-8-3-4-9-17(16)23(26)29/h3-12H,1-2H3,(H,25,27). The second-order valence-corrected chi connectivity index (χ2v) is 7.10. The van der Waals surface area contributed by atoms with Crippen LogP contribution in [0.1, 0.15) is 31.1 Å². The van der Waals surface area contributed by atoms with Crippen LogP contribution in [0.5, 0.6) is 11.5 Å². The lowest BCUT2D eigenvalue weighted by Crippen LogP contribution is -2.29. The molecule has 3 aromatic rings. The number of hydrogen-bond acceptors (Lipinski definition) is 5. The highest BCUT2D eigenvalue weighted by Gasteiger charge is 2.36. The molecule has 156 valence electrons. The maximum Gasteiger partial charge on any atom is 0.266 e. The monoisotopic (exact) mass is 436 g/mol. The van der Waals surface area contributed by atoms with Crippen LogP contribution in [0.3, 0.4) is 0 Å². The lowest BCUT2D eigenvalue weighted by atomic mass is 10.1. The highest BCUT2D eigenvalue weighted by molar-refractivity contribution is 6.34. The van der Waals surface area contributed by atoms with Crippen LogP contribution in [0.25, 0.3) is 0 Å². The zero-order chi connectivity index (χ0) is 22.1. The number of hydrogen-bond donors (Lipinski definition) is 1. The number of nitrogens with one attached hydrogen (secondary N) is 1. The largest absolute Gasteiger partial charge is 0.493 e. The highest BCUT2D eigenvalue weighted by atomic mass is 35.5. The van der Waals surface area contributed by atoms with E-state index in [1.54, 1.807) is 48.5 Å². The third-order valence-corrected chi connectivity index (χ3v) is 5.13. The van der Waals surface area contributed by atoms with E-state index in [1.807, 2.05) is 0 Å². The van der Waals surface area contributed by atoms with Gasteiger partial charge in [0, 0.05) is 11.3 Å². The minimum Gasteiger partial charge on any atom is -0.493 e. The molecule has 0 saturated heterocycles. The molecule has 3 aromatic carbocycles. The summed E-state index contributed by atoms with van der Waals surface area (Å²) in [4.78, 5) is 39.3. The van der Waals surface area contributed by atoms with Gasteiger partial charge in [-0.1, -0.05) is 29.8 Å². The first-order valence-electron chi connectivity index (χ1n) is 9.25. The zero-order valence-electron chi connectivity index (χ0n) is 16.6. The number of ether oxygens (including phenoxy) is 2. The maximum atomic E-state index is 12.8. The predicted molar refractivity (Wildman–Crippen MR) is 117 cm³/mol. The number of rotatable bonds is 5. The van der Waals surface area contributed by atoms with Gasteiger partial charge < -0.3 is 14.8 Å². The van der Waals surface area contributed by atoms with Crippen LogP contribution in [0.2, 0.25) is 5.02 Å². The molecular formula is C23H17ClN2O5. The van der Waals surface area contributed by atoms with Gasteiger partial charge in [-0.05, 0) is 42.5 Å². The van der Waals surface area contributed by atoms with Crippen LogP contribution < -0.4 is 19.7 Å². The smallest absolute Gasteiger partial charge is 0.266 e. The first-order chi connectivity index (χ1) is 14.9. The molecule has 1 aliphatic heterocycles. The van der Waals surface area contributed by atoms with Crippen LogP contribution >= 0.6 is 11.6 Å². The molecule has 0 aromatic heterocycles. The second kappa shape index (κ2) is 8.12. The van der Waals surface area contributed by atoms with Gasteiger partial charge >= 0.3 is 0 Å². The number of carbonyl (C=O) groups is 3. The quantitative estimate of drug-likeness (QED) is 0.599. The number of benzene rings is 3. The fourth-order valence-corrected chi connectivity index (χ4v) is 3.69. The Kier molecular flexibility index (Phi) is 5.35. The van der Waals surface area contributed by atoms with Gasteiger partial charge in [0.2, 0.25) is 0 Å². The van der Waals surface area contributed by atoms with Gasteiger partial charge in [0.25, 0.3) is 17.7 Å². The molecule has 0 atom stereocenters. The molecule has 1 heterocycles. The van der Waals surface area contributed by atoms with E-state index in [0.717, 1.165) is 4.90 Å². The molecule has 0 radical (unpaired) electrons. The van der Waals surface area contributed by atoms with Crippen molar-refractivity contribution in [2.45, 2.75) is 0 Å². The van der Waals surface area contributed by atoms with Gasteiger partial charge in [-0.3, -0.25) is 14.4 Å². The van der Waals surface area contributed by atoms with Crippen molar-refractivity contribution in [3.8, 4) is 11.5 Å². The van der Waals surface area contributed by atoms with Gasteiger partial charge in [0.05, 0.1) is 36.1 Å². The van der Waals surface area contributed by atoms with Crippen molar-refractivity contribution in [1.82, 2.24) is 0 Å². The van der Waals surface area contributed by atoms with Crippen molar-refractivity contribution in [3.05, 3.63) is 82.4 Å². The molecule has 1 aliphatic rings. The van der Waals surface area contributed by atoms with E-state index < -0.39 is 17.7 Å². The fraction of sp³-hybridized carbons (Fsp3) is 0.0870. The van der Waals surface area contributed by atoms with Crippen molar-refractivity contribution in [1.29, 1.82) is 0 Å². The number of methoxy groups -OCH3 is 2. The SMILES string of the molecule is COc1cc(C(=O)Nc2cccc(N3C(=O)c4ccccc4C3=O)c2)cc(Cl)c1OC. The summed E-state index contributed by atoms with van der Waals surface area (Å²) in [6.45, 7) is 0. The van der Waals surface area contributed by atoms with Crippen molar-refractivity contribution in [2.75, 3.05) is 24.4 Å². The zero-order valence-corrected chi connectivity index (χ0v) is 17.4. The van der Waals surface area contributed by atoms with Gasteiger partial charge in [-0.15, -0.1) is 0 Å². The minimum absolute atomic E-state index is 0.228. The average Bonchev–Trinajstić information content (AvgIpc) is 3.03. The number of nitrogens with zero attached hydrogens (tertiary/aromatic N) is 1. The number of fused-ring (bicyclic) bond motifs is 1. The molecule has 8 heteroatoms. The average molecular weight is 437 g/mol. The number of amides is 3. The predicted octanol–water partition coefficient (Wildman–Crippen LogP) is 4.41. The summed E-state index contributed by atoms with van der Waals surface area (Å²) in [6, 6.07) is 16.1. The summed E-state index contributed by atoms with van der Waals surface area (Å²) in [6.07, 6.45) is 0. The Morgan fingerprint density at radius 2 is 1.58 bits per heavy atom. The number of imide groups is 1. The van der Waals surface area contributed by atoms with Gasteiger partial charge in [-0.25, -0.2) is 4.90 Å². The molecule has 31 heavy (non-hydrogen) atoms. The van der Waals surface area contributed by atoms with Crippen LogP contribution in [0.4, 0.5) is 11.4 Å². The Balaban J connectivity index is 1.60. The summed E-state index contributed by atoms with van der Waals surface area (Å²) in [5.74, 6) is -0.609. The van der Waals surface area contributed by atoms with E-state index in [0.29, 0.717) is 34.0 Å². The summed E-state index contributed by atoms with van der Waals surface area (Å²) in [7, 11) is 2.90. The summed E-state index contributed by atoms with van der Waals surface area (Å²) < 4.78 is 10.4. The summed E-state index contributed by atoms with van der Waals surface area (Å²) in [5, 5.41) is 2.97. The lowest BCUT2D eigenvalue weighted by Gasteiger charge is -2.16. The minimum atomic E-state index is -0.442. The molecular weight excluding hydrogens is 420 g/mol. The van der Waals surface area contributed by atoms with Crippen LogP contribution in [0, 0.1) is 0 Å². The van der Waals surface area contributed by atoms with E-state index in [2.05, 4.69) is 5.32 Å². The molecule has 3 amide bonds. The third kappa shape index (κ3) is 3.60. The molecule has 0 aliphatic carbocycles. The lowest BCUT2D eigenvalue weighted by molar-refractivity contribution is 0.0925.